The van der Waals surface area contributed by atoms with Crippen LogP contribution in [-0.2, 0) is 38.3 Å². The molecule has 2 aliphatic rings. The SMILES string of the molecule is O=C(CNC(=O)C(F)F)c1ccc(CN(c2ccccc2)S(=O)(=O)N2CCCCC2)c(F)c1.O=S(=O)(N1CCCCC1)N(Cc1ccc(-c2nnc(C(F)F)o2)cc1F)c1ccccc1. The van der Waals surface area contributed by atoms with Gasteiger partial charge in [0, 0.05) is 48.4 Å². The number of hydrogen-bond donors (Lipinski definition) is 1. The molecule has 5 aromatic rings. The first kappa shape index (κ1) is 48.6. The topological polar surface area (TPSA) is 166 Å². The summed E-state index contributed by atoms with van der Waals surface area (Å²) in [5, 5.41) is 8.52. The maximum absolute atomic E-state index is 14.9. The predicted molar refractivity (Wildman–Crippen MR) is 228 cm³/mol. The van der Waals surface area contributed by atoms with Crippen LogP contribution in [-0.4, -0.2) is 86.5 Å². The van der Waals surface area contributed by atoms with Gasteiger partial charge in [-0.2, -0.15) is 43.0 Å². The number of para-hydroxylation sites is 2. The van der Waals surface area contributed by atoms with E-state index in [0.717, 1.165) is 55.0 Å². The van der Waals surface area contributed by atoms with Crippen LogP contribution in [0.5, 0.6) is 0 Å². The number of carbonyl (C=O) groups is 2. The first-order valence-electron chi connectivity index (χ1n) is 20.5. The molecule has 0 bridgehead atoms. The second-order valence-corrected chi connectivity index (χ2v) is 18.6. The van der Waals surface area contributed by atoms with Crippen molar-refractivity contribution in [2.24, 2.45) is 0 Å². The summed E-state index contributed by atoms with van der Waals surface area (Å²) in [7, 11) is -7.82. The fraction of sp³-hybridized carbons (Fsp3) is 0.349. The number of anilines is 2. The summed E-state index contributed by atoms with van der Waals surface area (Å²) in [5.74, 6) is -4.99. The van der Waals surface area contributed by atoms with Crippen LogP contribution in [0.1, 0.15) is 72.3 Å². The van der Waals surface area contributed by atoms with Crippen LogP contribution in [0.4, 0.5) is 37.7 Å². The molecule has 0 atom stereocenters. The summed E-state index contributed by atoms with van der Waals surface area (Å²) >= 11 is 0. The van der Waals surface area contributed by atoms with Gasteiger partial charge in [-0.3, -0.25) is 18.2 Å². The van der Waals surface area contributed by atoms with Crippen molar-refractivity contribution in [3.8, 4) is 11.5 Å². The van der Waals surface area contributed by atoms with Crippen LogP contribution < -0.4 is 13.9 Å². The minimum Gasteiger partial charge on any atom is -0.415 e. The summed E-state index contributed by atoms with van der Waals surface area (Å²) in [6.07, 6.45) is -1.24. The van der Waals surface area contributed by atoms with Crippen LogP contribution in [0.25, 0.3) is 11.5 Å². The molecule has 22 heteroatoms. The monoisotopic (exact) mass is 949 g/mol. The molecule has 0 saturated carbocycles. The number of halogens is 6. The van der Waals surface area contributed by atoms with Gasteiger partial charge in [0.05, 0.1) is 31.0 Å². The van der Waals surface area contributed by atoms with Gasteiger partial charge in [-0.1, -0.05) is 67.4 Å². The Morgan fingerprint density at radius 3 is 1.55 bits per heavy atom. The van der Waals surface area contributed by atoms with E-state index < -0.39 is 69.0 Å². The van der Waals surface area contributed by atoms with E-state index in [4.69, 9.17) is 4.42 Å². The van der Waals surface area contributed by atoms with Gasteiger partial charge in [0.2, 0.25) is 5.89 Å². The zero-order valence-electron chi connectivity index (χ0n) is 34.7. The smallest absolute Gasteiger partial charge is 0.315 e. The van der Waals surface area contributed by atoms with Crippen molar-refractivity contribution in [3.63, 3.8) is 0 Å². The molecule has 2 fully saturated rings. The number of rotatable bonds is 16. The first-order valence-corrected chi connectivity index (χ1v) is 23.3. The lowest BCUT2D eigenvalue weighted by atomic mass is 10.1. The molecule has 2 aliphatic heterocycles. The Morgan fingerprint density at radius 2 is 1.12 bits per heavy atom. The largest absolute Gasteiger partial charge is 0.415 e. The third kappa shape index (κ3) is 12.3. The lowest BCUT2D eigenvalue weighted by molar-refractivity contribution is -0.131. The molecule has 1 amide bonds. The van der Waals surface area contributed by atoms with E-state index in [1.54, 1.807) is 66.0 Å². The van der Waals surface area contributed by atoms with Gasteiger partial charge < -0.3 is 9.73 Å². The van der Waals surface area contributed by atoms with E-state index in [-0.39, 0.29) is 41.2 Å². The van der Waals surface area contributed by atoms with E-state index in [1.807, 2.05) is 0 Å². The number of nitrogens with one attached hydrogen (secondary N) is 1. The summed E-state index contributed by atoms with van der Waals surface area (Å²) < 4.78 is 143. The standard InChI is InChI=1S/C22H24F3N3O4S.C21H21F3N4O3S/c23-19-13-16(20(29)14-26-22(30)21(24)25)9-10-17(19)15-28(18-7-3-1-4-8-18)33(31,32)27-11-5-2-6-12-27;22-18-13-15(20-25-26-21(31-20)19(23)24)9-10-16(18)14-28(17-7-3-1-4-8-17)32(29,30)27-11-5-2-6-12-27/h1,3-4,7-10,13,21H,2,5-6,11-12,14-15H2,(H,26,30);1,3-4,7-10,13,19H,2,5-6,11-12,14H2. The van der Waals surface area contributed by atoms with Gasteiger partial charge in [0.15, 0.2) is 5.78 Å². The zero-order chi connectivity index (χ0) is 46.7. The highest BCUT2D eigenvalue weighted by Crippen LogP contribution is 2.30. The third-order valence-corrected chi connectivity index (χ3v) is 14.3. The second kappa shape index (κ2) is 21.9. The van der Waals surface area contributed by atoms with Crippen molar-refractivity contribution in [1.82, 2.24) is 24.1 Å². The number of carbonyl (C=O) groups excluding carboxylic acids is 2. The summed E-state index contributed by atoms with van der Waals surface area (Å²) in [4.78, 5) is 23.0. The van der Waals surface area contributed by atoms with Crippen molar-refractivity contribution in [3.05, 3.63) is 131 Å². The molecule has 0 radical (unpaired) electrons. The highest BCUT2D eigenvalue weighted by Gasteiger charge is 2.33. The fourth-order valence-corrected chi connectivity index (χ4v) is 10.4. The number of hydrogen-bond acceptors (Lipinski definition) is 9. The Balaban J connectivity index is 0.000000215. The highest BCUT2D eigenvalue weighted by molar-refractivity contribution is 7.90. The van der Waals surface area contributed by atoms with Crippen molar-refractivity contribution in [2.75, 3.05) is 41.3 Å². The van der Waals surface area contributed by atoms with Crippen LogP contribution >= 0.6 is 0 Å². The summed E-state index contributed by atoms with van der Waals surface area (Å²) in [5.41, 5.74) is 0.934. The van der Waals surface area contributed by atoms with Crippen molar-refractivity contribution < 1.29 is 57.2 Å². The maximum Gasteiger partial charge on any atom is 0.315 e. The number of alkyl halides is 4. The van der Waals surface area contributed by atoms with Gasteiger partial charge >= 0.3 is 33.3 Å². The Bertz CT molecular complexity index is 2620. The lowest BCUT2D eigenvalue weighted by Crippen LogP contribution is -2.46. The number of Topliss-reactive ketones (excluding diaryl/α,β-unsaturated/α-hetero) is 1. The molecule has 1 aromatic heterocycles. The minimum atomic E-state index is -3.93. The van der Waals surface area contributed by atoms with Crippen molar-refractivity contribution in [1.29, 1.82) is 0 Å². The van der Waals surface area contributed by atoms with Crippen LogP contribution in [0.3, 0.4) is 0 Å². The van der Waals surface area contributed by atoms with Crippen molar-refractivity contribution >= 4 is 43.5 Å². The molecule has 14 nitrogen and oxygen atoms in total. The Hall–Kier alpha value is -5.84. The minimum absolute atomic E-state index is 0.0348. The third-order valence-electron chi connectivity index (χ3n) is 10.5. The first-order chi connectivity index (χ1) is 31.1. The van der Waals surface area contributed by atoms with E-state index in [9.17, 15) is 52.8 Å². The quantitative estimate of drug-likeness (QED) is 0.0772. The molecule has 0 unspecified atom stereocenters. The average molecular weight is 950 g/mol. The average Bonchev–Trinajstić information content (AvgIpc) is 3.82. The molecule has 2 saturated heterocycles. The molecule has 3 heterocycles. The van der Waals surface area contributed by atoms with Gasteiger partial charge in [-0.15, -0.1) is 10.2 Å². The van der Waals surface area contributed by atoms with Gasteiger partial charge in [-0.05, 0) is 68.1 Å². The van der Waals surface area contributed by atoms with Gasteiger partial charge in [0.1, 0.15) is 11.6 Å². The van der Waals surface area contributed by atoms with E-state index >= 15 is 0 Å². The van der Waals surface area contributed by atoms with E-state index in [2.05, 4.69) is 10.2 Å². The Labute approximate surface area is 372 Å². The van der Waals surface area contributed by atoms with E-state index in [1.165, 1.54) is 37.2 Å². The highest BCUT2D eigenvalue weighted by atomic mass is 32.2. The maximum atomic E-state index is 14.9. The molecular formula is C43H45F6N7O7S2. The predicted octanol–water partition coefficient (Wildman–Crippen LogP) is 7.68. The molecule has 0 aliphatic carbocycles. The molecule has 348 valence electrons. The van der Waals surface area contributed by atoms with Crippen LogP contribution in [0.15, 0.2) is 101 Å². The van der Waals surface area contributed by atoms with Crippen LogP contribution in [0, 0.1) is 11.6 Å². The van der Waals surface area contributed by atoms with Crippen molar-refractivity contribution in [2.45, 2.75) is 64.5 Å². The van der Waals surface area contributed by atoms with E-state index in [0.29, 0.717) is 37.6 Å². The number of nitrogens with zero attached hydrogens (tertiary/aromatic N) is 6. The molecular weight excluding hydrogens is 905 g/mol. The molecule has 65 heavy (non-hydrogen) atoms. The fourth-order valence-electron chi connectivity index (χ4n) is 7.02. The number of aromatic nitrogens is 2. The second-order valence-electron chi connectivity index (χ2n) is 14.9. The van der Waals surface area contributed by atoms with Gasteiger partial charge in [0.25, 0.3) is 11.8 Å². The Kier molecular flexibility index (Phi) is 16.4. The molecule has 1 N–H and O–H groups in total. The summed E-state index contributed by atoms with van der Waals surface area (Å²) in [6, 6.07) is 24.2. The lowest BCUT2D eigenvalue weighted by Gasteiger charge is -2.33. The van der Waals surface area contributed by atoms with Gasteiger partial charge in [-0.25, -0.2) is 8.78 Å². The number of piperidine rings is 2. The molecule has 0 spiro atoms. The normalized spacial score (nSPS) is 15.0. The summed E-state index contributed by atoms with van der Waals surface area (Å²) in [6.45, 7) is 0.346. The number of amides is 1. The number of benzene rings is 4. The number of ketones is 1. The van der Waals surface area contributed by atoms with Crippen LogP contribution in [0.2, 0.25) is 0 Å². The molecule has 7 rings (SSSR count). The zero-order valence-corrected chi connectivity index (χ0v) is 36.3. The molecule has 4 aromatic carbocycles. The Morgan fingerprint density at radius 1 is 0.646 bits per heavy atom.